The number of rotatable bonds is 5. The van der Waals surface area contributed by atoms with E-state index in [-0.39, 0.29) is 5.82 Å². The number of para-hydroxylation sites is 1. The molecule has 4 aromatic rings. The number of aromatic nitrogens is 2. The standard InChI is InChI=1S/C26H25FN4/c27-24-10-2-1-8-22(24)23-9-5-6-20-11-12-25(29-26(20)23)31-18-16-30(17-19-31)15-13-21-7-3-4-14-28-21/h1-12,14H,13,15-19H2. The van der Waals surface area contributed by atoms with Crippen molar-refractivity contribution < 1.29 is 4.39 Å². The molecular formula is C26H25FN4. The molecule has 1 aliphatic heterocycles. The van der Waals surface area contributed by atoms with Gasteiger partial charge in [-0.25, -0.2) is 9.37 Å². The van der Waals surface area contributed by atoms with E-state index in [1.54, 1.807) is 6.07 Å². The Morgan fingerprint density at radius 3 is 2.39 bits per heavy atom. The molecule has 0 spiro atoms. The minimum atomic E-state index is -0.219. The first kappa shape index (κ1) is 19.6. The summed E-state index contributed by atoms with van der Waals surface area (Å²) in [6, 6.07) is 23.1. The third-order valence-electron chi connectivity index (χ3n) is 5.98. The van der Waals surface area contributed by atoms with Crippen LogP contribution in [0.3, 0.4) is 0 Å². The number of piperazine rings is 1. The number of benzene rings is 2. The van der Waals surface area contributed by atoms with Crippen molar-refractivity contribution in [2.45, 2.75) is 6.42 Å². The van der Waals surface area contributed by atoms with Crippen molar-refractivity contribution in [3.8, 4) is 11.1 Å². The summed E-state index contributed by atoms with van der Waals surface area (Å²) >= 11 is 0. The topological polar surface area (TPSA) is 32.3 Å². The van der Waals surface area contributed by atoms with Crippen molar-refractivity contribution in [1.29, 1.82) is 0 Å². The first-order chi connectivity index (χ1) is 15.3. The van der Waals surface area contributed by atoms with Crippen LogP contribution in [0.4, 0.5) is 10.2 Å². The second kappa shape index (κ2) is 8.82. The van der Waals surface area contributed by atoms with Gasteiger partial charge in [0.1, 0.15) is 11.6 Å². The molecule has 2 aromatic heterocycles. The van der Waals surface area contributed by atoms with Crippen molar-refractivity contribution in [3.05, 3.63) is 90.5 Å². The van der Waals surface area contributed by atoms with Gasteiger partial charge in [0.05, 0.1) is 5.52 Å². The van der Waals surface area contributed by atoms with Gasteiger partial charge in [0.15, 0.2) is 0 Å². The number of hydrogen-bond acceptors (Lipinski definition) is 4. The maximum absolute atomic E-state index is 14.4. The first-order valence-electron chi connectivity index (χ1n) is 10.8. The molecule has 1 fully saturated rings. The molecule has 0 bridgehead atoms. The highest BCUT2D eigenvalue weighted by Gasteiger charge is 2.19. The first-order valence-corrected chi connectivity index (χ1v) is 10.8. The molecule has 1 aliphatic rings. The van der Waals surface area contributed by atoms with E-state index in [0.717, 1.165) is 67.1 Å². The second-order valence-electron chi connectivity index (χ2n) is 7.93. The Bertz CT molecular complexity index is 1170. The van der Waals surface area contributed by atoms with E-state index < -0.39 is 0 Å². The smallest absolute Gasteiger partial charge is 0.131 e. The Kier molecular flexibility index (Phi) is 5.59. The lowest BCUT2D eigenvalue weighted by Gasteiger charge is -2.35. The van der Waals surface area contributed by atoms with E-state index >= 15 is 0 Å². The van der Waals surface area contributed by atoms with Gasteiger partial charge in [-0.1, -0.05) is 42.5 Å². The maximum atomic E-state index is 14.4. The molecule has 5 heteroatoms. The van der Waals surface area contributed by atoms with Gasteiger partial charge in [-0.15, -0.1) is 0 Å². The Balaban J connectivity index is 1.32. The van der Waals surface area contributed by atoms with Crippen LogP contribution < -0.4 is 4.90 Å². The fourth-order valence-corrected chi connectivity index (χ4v) is 4.23. The Hall–Kier alpha value is -3.31. The third kappa shape index (κ3) is 4.28. The normalized spacial score (nSPS) is 14.8. The Morgan fingerprint density at radius 2 is 1.58 bits per heavy atom. The molecule has 0 aliphatic carbocycles. The highest BCUT2D eigenvalue weighted by molar-refractivity contribution is 5.94. The fraction of sp³-hybridized carbons (Fsp3) is 0.231. The fourth-order valence-electron chi connectivity index (χ4n) is 4.23. The van der Waals surface area contributed by atoms with E-state index in [1.165, 1.54) is 6.07 Å². The lowest BCUT2D eigenvalue weighted by molar-refractivity contribution is 0.260. The molecular weight excluding hydrogens is 387 g/mol. The molecule has 0 atom stereocenters. The summed E-state index contributed by atoms with van der Waals surface area (Å²) in [7, 11) is 0. The molecule has 2 aromatic carbocycles. The zero-order chi connectivity index (χ0) is 21.0. The molecule has 0 radical (unpaired) electrons. The summed E-state index contributed by atoms with van der Waals surface area (Å²) in [6.07, 6.45) is 2.83. The van der Waals surface area contributed by atoms with Crippen LogP contribution in [0.15, 0.2) is 79.0 Å². The van der Waals surface area contributed by atoms with Gasteiger partial charge in [-0.2, -0.15) is 0 Å². The number of hydrogen-bond donors (Lipinski definition) is 0. The van der Waals surface area contributed by atoms with Crippen molar-refractivity contribution >= 4 is 16.7 Å². The summed E-state index contributed by atoms with van der Waals surface area (Å²) in [6.45, 7) is 4.89. The highest BCUT2D eigenvalue weighted by Crippen LogP contribution is 2.31. The van der Waals surface area contributed by atoms with Crippen LogP contribution in [0.1, 0.15) is 5.69 Å². The van der Waals surface area contributed by atoms with Crippen LogP contribution in [0, 0.1) is 5.82 Å². The second-order valence-corrected chi connectivity index (χ2v) is 7.93. The highest BCUT2D eigenvalue weighted by atomic mass is 19.1. The zero-order valence-corrected chi connectivity index (χ0v) is 17.4. The number of halogens is 1. The molecule has 0 N–H and O–H groups in total. The molecule has 1 saturated heterocycles. The molecule has 0 amide bonds. The van der Waals surface area contributed by atoms with Crippen LogP contribution >= 0.6 is 0 Å². The molecule has 31 heavy (non-hydrogen) atoms. The van der Waals surface area contributed by atoms with Crippen molar-refractivity contribution in [2.75, 3.05) is 37.6 Å². The monoisotopic (exact) mass is 412 g/mol. The Labute approximate surface area is 182 Å². The van der Waals surface area contributed by atoms with Gasteiger partial charge in [0, 0.05) is 67.5 Å². The summed E-state index contributed by atoms with van der Waals surface area (Å²) in [5, 5.41) is 1.03. The summed E-state index contributed by atoms with van der Waals surface area (Å²) in [5.41, 5.74) is 3.42. The number of pyridine rings is 2. The maximum Gasteiger partial charge on any atom is 0.131 e. The summed E-state index contributed by atoms with van der Waals surface area (Å²) in [5.74, 6) is 0.740. The summed E-state index contributed by atoms with van der Waals surface area (Å²) in [4.78, 5) is 14.2. The molecule has 0 unspecified atom stereocenters. The predicted molar refractivity (Wildman–Crippen MR) is 124 cm³/mol. The number of anilines is 1. The number of nitrogens with zero attached hydrogens (tertiary/aromatic N) is 4. The lowest BCUT2D eigenvalue weighted by Crippen LogP contribution is -2.47. The van der Waals surface area contributed by atoms with Gasteiger partial charge in [-0.3, -0.25) is 9.88 Å². The van der Waals surface area contributed by atoms with Crippen molar-refractivity contribution in [2.24, 2.45) is 0 Å². The third-order valence-corrected chi connectivity index (χ3v) is 5.98. The summed E-state index contributed by atoms with van der Waals surface area (Å²) < 4.78 is 14.4. The number of fused-ring (bicyclic) bond motifs is 1. The van der Waals surface area contributed by atoms with Crippen molar-refractivity contribution in [1.82, 2.24) is 14.9 Å². The molecule has 5 rings (SSSR count). The molecule has 0 saturated carbocycles. The van der Waals surface area contributed by atoms with E-state index in [1.807, 2.05) is 48.7 Å². The van der Waals surface area contributed by atoms with E-state index in [9.17, 15) is 4.39 Å². The van der Waals surface area contributed by atoms with Crippen LogP contribution in [0.5, 0.6) is 0 Å². The van der Waals surface area contributed by atoms with Gasteiger partial charge in [0.2, 0.25) is 0 Å². The molecule has 156 valence electrons. The van der Waals surface area contributed by atoms with Crippen LogP contribution in [-0.4, -0.2) is 47.6 Å². The minimum absolute atomic E-state index is 0.219. The average Bonchev–Trinajstić information content (AvgIpc) is 2.83. The van der Waals surface area contributed by atoms with Crippen LogP contribution in [-0.2, 0) is 6.42 Å². The molecule has 3 heterocycles. The van der Waals surface area contributed by atoms with Crippen molar-refractivity contribution in [3.63, 3.8) is 0 Å². The van der Waals surface area contributed by atoms with E-state index in [4.69, 9.17) is 4.98 Å². The molecule has 4 nitrogen and oxygen atoms in total. The van der Waals surface area contributed by atoms with Crippen LogP contribution in [0.25, 0.3) is 22.0 Å². The minimum Gasteiger partial charge on any atom is -0.354 e. The van der Waals surface area contributed by atoms with Gasteiger partial charge in [0.25, 0.3) is 0 Å². The average molecular weight is 413 g/mol. The van der Waals surface area contributed by atoms with Gasteiger partial charge >= 0.3 is 0 Å². The largest absolute Gasteiger partial charge is 0.354 e. The zero-order valence-electron chi connectivity index (χ0n) is 17.4. The van der Waals surface area contributed by atoms with E-state index in [2.05, 4.69) is 33.0 Å². The Morgan fingerprint density at radius 1 is 0.774 bits per heavy atom. The SMILES string of the molecule is Fc1ccccc1-c1cccc2ccc(N3CCN(CCc4ccccn4)CC3)nc12. The van der Waals surface area contributed by atoms with Gasteiger partial charge < -0.3 is 4.90 Å². The lowest BCUT2D eigenvalue weighted by atomic mass is 10.0. The van der Waals surface area contributed by atoms with Crippen LogP contribution in [0.2, 0.25) is 0 Å². The predicted octanol–water partition coefficient (Wildman–Crippen LogP) is 4.80. The van der Waals surface area contributed by atoms with E-state index in [0.29, 0.717) is 5.56 Å². The quantitative estimate of drug-likeness (QED) is 0.471. The van der Waals surface area contributed by atoms with Gasteiger partial charge in [-0.05, 0) is 30.3 Å².